The lowest BCUT2D eigenvalue weighted by Crippen LogP contribution is -2.64. The molecule has 2 aliphatic heterocycles. The van der Waals surface area contributed by atoms with Crippen LogP contribution >= 0.6 is 13.5 Å². The van der Waals surface area contributed by atoms with E-state index in [4.69, 9.17) is 4.74 Å². The van der Waals surface area contributed by atoms with Gasteiger partial charge in [0.15, 0.2) is 23.0 Å². The fourth-order valence-electron chi connectivity index (χ4n) is 5.41. The van der Waals surface area contributed by atoms with Crippen LogP contribution in [0, 0.1) is 11.6 Å². The van der Waals surface area contributed by atoms with Gasteiger partial charge in [-0.15, -0.1) is 0 Å². The molecule has 3 heterocycles. The van der Waals surface area contributed by atoms with E-state index in [1.165, 1.54) is 23.0 Å². The molecule has 1 fully saturated rings. The van der Waals surface area contributed by atoms with Crippen molar-refractivity contribution in [3.05, 3.63) is 106 Å². The first-order valence-corrected chi connectivity index (χ1v) is 11.8. The van der Waals surface area contributed by atoms with Crippen LogP contribution in [0.3, 0.4) is 0 Å². The number of pyridine rings is 1. The average molecular weight is 526 g/mol. The molecular formula is C27H25F2N3O4S. The van der Waals surface area contributed by atoms with Crippen molar-refractivity contribution in [1.82, 2.24) is 9.58 Å². The second kappa shape index (κ2) is 9.26. The van der Waals surface area contributed by atoms with Gasteiger partial charge in [0, 0.05) is 17.8 Å². The third-order valence-electron chi connectivity index (χ3n) is 7.36. The van der Waals surface area contributed by atoms with Crippen molar-refractivity contribution in [3.63, 3.8) is 0 Å². The number of nitrogens with zero attached hydrogens (tertiary/aromatic N) is 3. The maximum atomic E-state index is 15.2. The van der Waals surface area contributed by atoms with Crippen LogP contribution in [0.25, 0.3) is 0 Å². The molecule has 1 N–H and O–H groups in total. The number of aromatic nitrogens is 1. The Balaban J connectivity index is 0.00000280. The lowest BCUT2D eigenvalue weighted by atomic mass is 9.74. The summed E-state index contributed by atoms with van der Waals surface area (Å²) in [6.07, 6.45) is 7.26. The molecule has 2 bridgehead atoms. The first kappa shape index (κ1) is 24.9. The molecule has 1 aromatic heterocycles. The number of amides is 1. The predicted octanol–water partition coefficient (Wildman–Crippen LogP) is 3.96. The molecule has 6 rings (SSSR count). The molecule has 1 spiro atoms. The van der Waals surface area contributed by atoms with Crippen molar-refractivity contribution >= 4 is 19.4 Å². The van der Waals surface area contributed by atoms with Crippen LogP contribution in [0.4, 0.5) is 8.78 Å². The summed E-state index contributed by atoms with van der Waals surface area (Å²) in [5.74, 6) is -3.49. The second-order valence-electron chi connectivity index (χ2n) is 9.30. The number of carbonyl (C=O) groups is 1. The van der Waals surface area contributed by atoms with E-state index in [1.807, 2.05) is 36.4 Å². The van der Waals surface area contributed by atoms with Crippen LogP contribution in [0.1, 0.15) is 46.9 Å². The van der Waals surface area contributed by atoms with Crippen molar-refractivity contribution < 1.29 is 23.4 Å². The van der Waals surface area contributed by atoms with Crippen molar-refractivity contribution in [2.75, 3.05) is 18.3 Å². The molecule has 10 heteroatoms. The minimum Gasteiger partial charge on any atom is -0.502 e. The Morgan fingerprint density at radius 3 is 2.49 bits per heavy atom. The van der Waals surface area contributed by atoms with Gasteiger partial charge in [0.1, 0.15) is 19.3 Å². The Morgan fingerprint density at radius 1 is 1.03 bits per heavy atom. The minimum absolute atomic E-state index is 0. The monoisotopic (exact) mass is 525 g/mol. The molecule has 192 valence electrons. The Hall–Kier alpha value is -3.79. The molecule has 2 aromatic carbocycles. The van der Waals surface area contributed by atoms with Gasteiger partial charge in [0.25, 0.3) is 5.91 Å². The molecule has 0 radical (unpaired) electrons. The third kappa shape index (κ3) is 3.78. The van der Waals surface area contributed by atoms with Crippen molar-refractivity contribution in [1.29, 1.82) is 0 Å². The largest absolute Gasteiger partial charge is 0.502 e. The Labute approximate surface area is 218 Å². The summed E-state index contributed by atoms with van der Waals surface area (Å²) in [5.41, 5.74) is -0.423. The Kier molecular flexibility index (Phi) is 6.23. The highest BCUT2D eigenvalue weighted by atomic mass is 32.1. The fourth-order valence-corrected chi connectivity index (χ4v) is 5.41. The highest BCUT2D eigenvalue weighted by Crippen LogP contribution is 2.44. The van der Waals surface area contributed by atoms with Crippen molar-refractivity contribution in [2.24, 2.45) is 0 Å². The van der Waals surface area contributed by atoms with E-state index in [1.54, 1.807) is 16.0 Å². The van der Waals surface area contributed by atoms with E-state index in [2.05, 4.69) is 0 Å². The molecule has 1 saturated carbocycles. The SMILES string of the molecule is O=C1c2c(O)c(=O)ccn2N2CN1C1(/C=C/COc3c(ccc(F)c3F)[C@@H]2c2ccccc2)CCC1.S. The molecule has 3 aliphatic rings. The summed E-state index contributed by atoms with van der Waals surface area (Å²) in [7, 11) is 0. The summed E-state index contributed by atoms with van der Waals surface area (Å²) >= 11 is 0. The zero-order valence-corrected chi connectivity index (χ0v) is 20.7. The van der Waals surface area contributed by atoms with Crippen LogP contribution in [-0.2, 0) is 0 Å². The zero-order chi connectivity index (χ0) is 25.0. The smallest absolute Gasteiger partial charge is 0.278 e. The molecule has 7 nitrogen and oxygen atoms in total. The quantitative estimate of drug-likeness (QED) is 0.487. The number of rotatable bonds is 1. The maximum absolute atomic E-state index is 15.2. The van der Waals surface area contributed by atoms with Crippen LogP contribution in [0.15, 0.2) is 71.7 Å². The fraction of sp³-hybridized carbons (Fsp3) is 0.259. The lowest BCUT2D eigenvalue weighted by molar-refractivity contribution is 0.0255. The number of aromatic hydroxyl groups is 1. The molecule has 1 amide bonds. The number of hydrogen-bond donors (Lipinski definition) is 1. The Morgan fingerprint density at radius 2 is 1.78 bits per heavy atom. The number of hydrogen-bond acceptors (Lipinski definition) is 5. The van der Waals surface area contributed by atoms with Crippen LogP contribution in [0.5, 0.6) is 11.5 Å². The van der Waals surface area contributed by atoms with Gasteiger partial charge < -0.3 is 14.7 Å². The minimum atomic E-state index is -1.10. The number of carbonyl (C=O) groups excluding carboxylic acids is 1. The van der Waals surface area contributed by atoms with Gasteiger partial charge in [-0.05, 0) is 43.0 Å². The van der Waals surface area contributed by atoms with Crippen LogP contribution < -0.4 is 15.2 Å². The highest BCUT2D eigenvalue weighted by molar-refractivity contribution is 7.59. The maximum Gasteiger partial charge on any atom is 0.278 e. The van der Waals surface area contributed by atoms with E-state index in [9.17, 15) is 19.1 Å². The standard InChI is InChI=1S/C27H23F2N3O4.H2S/c28-19-9-8-18-22(17-6-2-1-3-7-17)32-16-30(26(35)23-24(34)20(33)10-14-31(23)32)27(11-4-12-27)13-5-15-36-25(18)21(19)29;/h1-3,5-10,13-14,22,34H,4,11-12,15-16H2;1H2/b13-5+;/t22-;/m0./s1. The van der Waals surface area contributed by atoms with E-state index in [-0.39, 0.29) is 38.2 Å². The van der Waals surface area contributed by atoms with E-state index >= 15 is 4.39 Å². The molecule has 37 heavy (non-hydrogen) atoms. The van der Waals surface area contributed by atoms with Gasteiger partial charge >= 0.3 is 0 Å². The predicted molar refractivity (Wildman–Crippen MR) is 138 cm³/mol. The number of ether oxygens (including phenoxy) is 1. The van der Waals surface area contributed by atoms with E-state index in [0.717, 1.165) is 18.1 Å². The highest BCUT2D eigenvalue weighted by Gasteiger charge is 2.49. The molecule has 1 atom stereocenters. The molecular weight excluding hydrogens is 500 g/mol. The lowest BCUT2D eigenvalue weighted by Gasteiger charge is -2.53. The molecule has 0 unspecified atom stereocenters. The summed E-state index contributed by atoms with van der Waals surface area (Å²) < 4.78 is 36.7. The number of benzene rings is 2. The van der Waals surface area contributed by atoms with Crippen LogP contribution in [-0.4, -0.2) is 39.4 Å². The zero-order valence-electron chi connectivity index (χ0n) is 19.7. The second-order valence-corrected chi connectivity index (χ2v) is 9.30. The first-order valence-electron chi connectivity index (χ1n) is 11.8. The van der Waals surface area contributed by atoms with E-state index < -0.39 is 40.3 Å². The number of halogens is 2. The van der Waals surface area contributed by atoms with Crippen LogP contribution in [0.2, 0.25) is 0 Å². The summed E-state index contributed by atoms with van der Waals surface area (Å²) in [4.78, 5) is 27.8. The van der Waals surface area contributed by atoms with Gasteiger partial charge in [0.2, 0.25) is 11.2 Å². The molecule has 0 saturated heterocycles. The summed E-state index contributed by atoms with van der Waals surface area (Å²) in [6, 6.07) is 12.1. The van der Waals surface area contributed by atoms with E-state index in [0.29, 0.717) is 18.4 Å². The molecule has 3 aromatic rings. The number of fused-ring (bicyclic) bond motifs is 6. The average Bonchev–Trinajstić information content (AvgIpc) is 2.88. The topological polar surface area (TPSA) is 75.0 Å². The van der Waals surface area contributed by atoms with Gasteiger partial charge in [-0.3, -0.25) is 19.3 Å². The summed E-state index contributed by atoms with van der Waals surface area (Å²) in [5, 5.41) is 12.5. The Bertz CT molecular complexity index is 1460. The normalized spacial score (nSPS) is 20.5. The van der Waals surface area contributed by atoms with Gasteiger partial charge in [0.05, 0.1) is 5.54 Å². The summed E-state index contributed by atoms with van der Waals surface area (Å²) in [6.45, 7) is 0.0607. The van der Waals surface area contributed by atoms with Gasteiger partial charge in [-0.2, -0.15) is 17.9 Å². The van der Waals surface area contributed by atoms with Gasteiger partial charge in [-0.1, -0.05) is 36.4 Å². The molecule has 1 aliphatic carbocycles. The van der Waals surface area contributed by atoms with Crippen molar-refractivity contribution in [2.45, 2.75) is 30.8 Å². The first-order chi connectivity index (χ1) is 17.4. The third-order valence-corrected chi connectivity index (χ3v) is 7.36. The van der Waals surface area contributed by atoms with Gasteiger partial charge in [-0.25, -0.2) is 4.39 Å². The van der Waals surface area contributed by atoms with Crippen molar-refractivity contribution in [3.8, 4) is 11.5 Å².